The number of para-hydroxylation sites is 2. The summed E-state index contributed by atoms with van der Waals surface area (Å²) in [5.41, 5.74) is 7.26. The molecule has 6 heteroatoms. The van der Waals surface area contributed by atoms with Crippen molar-refractivity contribution in [2.24, 2.45) is 0 Å². The Labute approximate surface area is 128 Å². The molecule has 22 heavy (non-hydrogen) atoms. The highest BCUT2D eigenvalue weighted by Crippen LogP contribution is 2.05. The minimum Gasteiger partial charge on any atom is -0.368 e. The van der Waals surface area contributed by atoms with E-state index in [0.29, 0.717) is 5.95 Å². The Bertz CT molecular complexity index is 698. The fourth-order valence-corrected chi connectivity index (χ4v) is 1.50. The molecule has 0 saturated heterocycles. The van der Waals surface area contributed by atoms with Crippen LogP contribution in [0.3, 0.4) is 0 Å². The summed E-state index contributed by atoms with van der Waals surface area (Å²) < 4.78 is 0. The molecular weight excluding hydrogens is 276 g/mol. The van der Waals surface area contributed by atoms with Crippen molar-refractivity contribution < 1.29 is 0 Å². The predicted molar refractivity (Wildman–Crippen MR) is 86.8 cm³/mol. The smallest absolute Gasteiger partial charge is 0.219 e. The highest BCUT2D eigenvalue weighted by Gasteiger charge is 1.88. The number of fused-ring (bicyclic) bond motifs is 1. The first-order valence-corrected chi connectivity index (χ1v) is 6.62. The molecule has 0 unspecified atom stereocenters. The SMILES string of the molecule is Nc1ncccn1.c1ccc2[nH]cnc2c1.c1ccncc1. The zero-order valence-corrected chi connectivity index (χ0v) is 11.9. The van der Waals surface area contributed by atoms with Crippen LogP contribution in [-0.2, 0) is 0 Å². The lowest BCUT2D eigenvalue weighted by molar-refractivity contribution is 1.19. The fourth-order valence-electron chi connectivity index (χ4n) is 1.50. The van der Waals surface area contributed by atoms with Crippen molar-refractivity contribution in [3.8, 4) is 0 Å². The summed E-state index contributed by atoms with van der Waals surface area (Å²) in [5, 5.41) is 0. The van der Waals surface area contributed by atoms with Crippen molar-refractivity contribution in [3.05, 3.63) is 79.6 Å². The summed E-state index contributed by atoms with van der Waals surface area (Å²) in [6.07, 6.45) is 8.40. The Morgan fingerprint density at radius 3 is 1.95 bits per heavy atom. The van der Waals surface area contributed by atoms with Gasteiger partial charge in [0.25, 0.3) is 0 Å². The molecule has 4 aromatic rings. The summed E-state index contributed by atoms with van der Waals surface area (Å²) in [4.78, 5) is 18.1. The topological polar surface area (TPSA) is 93.4 Å². The van der Waals surface area contributed by atoms with E-state index >= 15 is 0 Å². The van der Waals surface area contributed by atoms with Gasteiger partial charge in [-0.3, -0.25) is 4.98 Å². The number of aromatic amines is 1. The van der Waals surface area contributed by atoms with Gasteiger partial charge in [-0.15, -0.1) is 0 Å². The summed E-state index contributed by atoms with van der Waals surface area (Å²) in [5.74, 6) is 0.322. The lowest BCUT2D eigenvalue weighted by atomic mass is 10.3. The normalized spacial score (nSPS) is 9.09. The van der Waals surface area contributed by atoms with Gasteiger partial charge in [0, 0.05) is 24.8 Å². The predicted octanol–water partition coefficient (Wildman–Crippen LogP) is 2.70. The molecule has 1 aromatic carbocycles. The van der Waals surface area contributed by atoms with Crippen LogP contribution in [0.5, 0.6) is 0 Å². The minimum absolute atomic E-state index is 0.322. The van der Waals surface area contributed by atoms with Gasteiger partial charge in [0.1, 0.15) is 0 Å². The molecule has 0 radical (unpaired) electrons. The van der Waals surface area contributed by atoms with Gasteiger partial charge in [0.15, 0.2) is 0 Å². The number of hydrogen-bond acceptors (Lipinski definition) is 5. The van der Waals surface area contributed by atoms with E-state index in [1.54, 1.807) is 37.2 Å². The Morgan fingerprint density at radius 2 is 1.45 bits per heavy atom. The Hall–Kier alpha value is -3.28. The number of anilines is 1. The standard InChI is InChI=1S/C7H6N2.C5H5N.C4H5N3/c1-2-4-7-6(3-1)8-5-9-7;1-2-4-6-5-3-1;5-4-6-2-1-3-7-4/h1-5H,(H,8,9);1-5H;1-3H,(H2,5,6,7). The molecule has 0 spiro atoms. The van der Waals surface area contributed by atoms with Crippen molar-refractivity contribution in [3.63, 3.8) is 0 Å². The number of rotatable bonds is 0. The Morgan fingerprint density at radius 1 is 0.727 bits per heavy atom. The quantitative estimate of drug-likeness (QED) is 0.519. The monoisotopic (exact) mass is 292 g/mol. The van der Waals surface area contributed by atoms with Crippen LogP contribution in [0, 0.1) is 0 Å². The Balaban J connectivity index is 0.000000124. The lowest BCUT2D eigenvalue weighted by Crippen LogP contribution is -1.90. The third kappa shape index (κ3) is 5.38. The zero-order chi connectivity index (χ0) is 15.5. The number of nitrogens with one attached hydrogen (secondary N) is 1. The van der Waals surface area contributed by atoms with Crippen LogP contribution in [-0.4, -0.2) is 24.9 Å². The second-order valence-electron chi connectivity index (χ2n) is 4.05. The molecule has 4 rings (SSSR count). The highest BCUT2D eigenvalue weighted by atomic mass is 15.0. The van der Waals surface area contributed by atoms with Crippen LogP contribution in [0.25, 0.3) is 11.0 Å². The molecule has 0 saturated carbocycles. The third-order valence-electron chi connectivity index (χ3n) is 2.48. The maximum Gasteiger partial charge on any atom is 0.219 e. The maximum absolute atomic E-state index is 5.14. The largest absolute Gasteiger partial charge is 0.368 e. The van der Waals surface area contributed by atoms with Gasteiger partial charge in [-0.2, -0.15) is 0 Å². The molecule has 110 valence electrons. The van der Waals surface area contributed by atoms with Gasteiger partial charge in [0.05, 0.1) is 17.4 Å². The van der Waals surface area contributed by atoms with E-state index < -0.39 is 0 Å². The molecular formula is C16H16N6. The highest BCUT2D eigenvalue weighted by molar-refractivity contribution is 5.73. The van der Waals surface area contributed by atoms with Crippen molar-refractivity contribution in [2.45, 2.75) is 0 Å². The number of nitrogens with two attached hydrogens (primary N) is 1. The molecule has 3 N–H and O–H groups in total. The van der Waals surface area contributed by atoms with E-state index in [1.165, 1.54) is 0 Å². The number of H-pyrrole nitrogens is 1. The molecule has 0 aliphatic heterocycles. The number of imidazole rings is 1. The van der Waals surface area contributed by atoms with E-state index in [4.69, 9.17) is 5.73 Å². The van der Waals surface area contributed by atoms with Crippen LogP contribution < -0.4 is 5.73 Å². The fraction of sp³-hybridized carbons (Fsp3) is 0. The van der Waals surface area contributed by atoms with Gasteiger partial charge >= 0.3 is 0 Å². The van der Waals surface area contributed by atoms with Crippen LogP contribution in [0.2, 0.25) is 0 Å². The summed E-state index contributed by atoms with van der Waals surface area (Å²) in [6, 6.07) is 15.4. The molecule has 0 atom stereocenters. The number of nitrogens with zero attached hydrogens (tertiary/aromatic N) is 4. The van der Waals surface area contributed by atoms with Gasteiger partial charge in [-0.1, -0.05) is 18.2 Å². The molecule has 0 fully saturated rings. The third-order valence-corrected chi connectivity index (χ3v) is 2.48. The first-order valence-electron chi connectivity index (χ1n) is 6.62. The van der Waals surface area contributed by atoms with E-state index in [1.807, 2.05) is 42.5 Å². The molecule has 0 aliphatic rings. The number of aromatic nitrogens is 5. The Kier molecular flexibility index (Phi) is 6.05. The van der Waals surface area contributed by atoms with Gasteiger partial charge in [-0.05, 0) is 30.3 Å². The minimum atomic E-state index is 0.322. The van der Waals surface area contributed by atoms with Crippen LogP contribution in [0.1, 0.15) is 0 Å². The van der Waals surface area contributed by atoms with Crippen LogP contribution in [0.15, 0.2) is 79.6 Å². The van der Waals surface area contributed by atoms with Crippen LogP contribution >= 0.6 is 0 Å². The molecule has 3 aromatic heterocycles. The number of hydrogen-bond donors (Lipinski definition) is 2. The van der Waals surface area contributed by atoms with Gasteiger partial charge in [0.2, 0.25) is 5.95 Å². The average Bonchev–Trinajstić information content (AvgIpc) is 3.07. The van der Waals surface area contributed by atoms with E-state index in [-0.39, 0.29) is 0 Å². The first kappa shape index (κ1) is 15.1. The molecule has 0 aliphatic carbocycles. The number of pyridine rings is 1. The number of nitrogen functional groups attached to an aromatic ring is 1. The van der Waals surface area contributed by atoms with Crippen molar-refractivity contribution in [1.29, 1.82) is 0 Å². The zero-order valence-electron chi connectivity index (χ0n) is 11.9. The molecule has 0 amide bonds. The van der Waals surface area contributed by atoms with E-state index in [0.717, 1.165) is 11.0 Å². The summed E-state index contributed by atoms with van der Waals surface area (Å²) in [6.45, 7) is 0. The molecule has 6 nitrogen and oxygen atoms in total. The second kappa shape index (κ2) is 8.80. The molecule has 0 bridgehead atoms. The summed E-state index contributed by atoms with van der Waals surface area (Å²) >= 11 is 0. The average molecular weight is 292 g/mol. The first-order chi connectivity index (χ1) is 10.9. The van der Waals surface area contributed by atoms with Crippen molar-refractivity contribution >= 4 is 17.0 Å². The van der Waals surface area contributed by atoms with Gasteiger partial charge in [-0.25, -0.2) is 15.0 Å². The van der Waals surface area contributed by atoms with E-state index in [9.17, 15) is 0 Å². The van der Waals surface area contributed by atoms with Crippen LogP contribution in [0.4, 0.5) is 5.95 Å². The van der Waals surface area contributed by atoms with Crippen molar-refractivity contribution in [2.75, 3.05) is 5.73 Å². The lowest BCUT2D eigenvalue weighted by Gasteiger charge is -1.82. The van der Waals surface area contributed by atoms with Gasteiger partial charge < -0.3 is 10.7 Å². The summed E-state index contributed by atoms with van der Waals surface area (Å²) in [7, 11) is 0. The number of benzene rings is 1. The van der Waals surface area contributed by atoms with E-state index in [2.05, 4.69) is 24.9 Å². The maximum atomic E-state index is 5.14. The van der Waals surface area contributed by atoms with Crippen molar-refractivity contribution in [1.82, 2.24) is 24.9 Å². The second-order valence-corrected chi connectivity index (χ2v) is 4.05. The molecule has 3 heterocycles.